The third-order valence-electron chi connectivity index (χ3n) is 3.06. The van der Waals surface area contributed by atoms with Crippen molar-refractivity contribution in [1.29, 1.82) is 5.26 Å². The number of nitrogens with one attached hydrogen (secondary N) is 1. The van der Waals surface area contributed by atoms with Crippen LogP contribution in [0.5, 0.6) is 0 Å². The molecular formula is C12H10F2N2O2. The van der Waals surface area contributed by atoms with Crippen molar-refractivity contribution < 1.29 is 18.7 Å². The monoisotopic (exact) mass is 252 g/mol. The van der Waals surface area contributed by atoms with E-state index in [1.807, 2.05) is 0 Å². The van der Waals surface area contributed by atoms with Crippen molar-refractivity contribution in [3.05, 3.63) is 34.9 Å². The summed E-state index contributed by atoms with van der Waals surface area (Å²) in [5, 5.41) is 20.4. The highest BCUT2D eigenvalue weighted by molar-refractivity contribution is 5.70. The van der Waals surface area contributed by atoms with Crippen LogP contribution in [0.15, 0.2) is 12.1 Å². The lowest BCUT2D eigenvalue weighted by molar-refractivity contribution is -0.141. The predicted molar refractivity (Wildman–Crippen MR) is 57.6 cm³/mol. The van der Waals surface area contributed by atoms with E-state index in [9.17, 15) is 13.6 Å². The number of halogens is 2. The summed E-state index contributed by atoms with van der Waals surface area (Å²) in [5.74, 6) is -3.22. The van der Waals surface area contributed by atoms with E-state index in [1.54, 1.807) is 6.07 Å². The highest BCUT2D eigenvalue weighted by Crippen LogP contribution is 2.30. The van der Waals surface area contributed by atoms with Crippen molar-refractivity contribution in [2.24, 2.45) is 5.92 Å². The van der Waals surface area contributed by atoms with E-state index in [4.69, 9.17) is 10.4 Å². The number of carboxylic acids is 1. The van der Waals surface area contributed by atoms with Crippen LogP contribution < -0.4 is 5.32 Å². The summed E-state index contributed by atoms with van der Waals surface area (Å²) in [5.41, 5.74) is -0.108. The summed E-state index contributed by atoms with van der Waals surface area (Å²) in [7, 11) is 0. The molecule has 0 spiro atoms. The molecule has 1 aliphatic heterocycles. The minimum absolute atomic E-state index is 0.136. The Balaban J connectivity index is 2.30. The van der Waals surface area contributed by atoms with E-state index >= 15 is 0 Å². The van der Waals surface area contributed by atoms with Crippen molar-refractivity contribution >= 4 is 5.97 Å². The SMILES string of the molecule is N#Cc1cc(C2CC(C(=O)O)CN2)c(F)cc1F. The lowest BCUT2D eigenvalue weighted by Crippen LogP contribution is -2.17. The van der Waals surface area contributed by atoms with Crippen molar-refractivity contribution in [3.63, 3.8) is 0 Å². The van der Waals surface area contributed by atoms with Gasteiger partial charge in [-0.3, -0.25) is 4.79 Å². The second-order valence-electron chi connectivity index (χ2n) is 4.20. The van der Waals surface area contributed by atoms with Crippen molar-refractivity contribution in [1.82, 2.24) is 5.32 Å². The summed E-state index contributed by atoms with van der Waals surface area (Å²) in [4.78, 5) is 10.8. The number of rotatable bonds is 2. The first-order valence-electron chi connectivity index (χ1n) is 5.38. The third-order valence-corrected chi connectivity index (χ3v) is 3.06. The van der Waals surface area contributed by atoms with Crippen LogP contribution in [0.25, 0.3) is 0 Å². The molecule has 4 nitrogen and oxygen atoms in total. The van der Waals surface area contributed by atoms with E-state index in [0.717, 1.165) is 6.07 Å². The van der Waals surface area contributed by atoms with Crippen LogP contribution in [0.1, 0.15) is 23.6 Å². The van der Waals surface area contributed by atoms with Gasteiger partial charge in [0.15, 0.2) is 0 Å². The molecule has 2 atom stereocenters. The van der Waals surface area contributed by atoms with E-state index < -0.39 is 29.6 Å². The zero-order valence-electron chi connectivity index (χ0n) is 9.28. The Morgan fingerprint density at radius 3 is 2.72 bits per heavy atom. The van der Waals surface area contributed by atoms with Gasteiger partial charge in [-0.1, -0.05) is 0 Å². The molecule has 18 heavy (non-hydrogen) atoms. The van der Waals surface area contributed by atoms with Gasteiger partial charge in [0.25, 0.3) is 0 Å². The molecule has 0 aliphatic carbocycles. The average Bonchev–Trinajstić information content (AvgIpc) is 2.78. The summed E-state index contributed by atoms with van der Waals surface area (Å²) >= 11 is 0. The first-order valence-corrected chi connectivity index (χ1v) is 5.38. The normalized spacial score (nSPS) is 22.7. The number of hydrogen-bond donors (Lipinski definition) is 2. The molecule has 0 radical (unpaired) electrons. The molecule has 1 saturated heterocycles. The fraction of sp³-hybridized carbons (Fsp3) is 0.333. The highest BCUT2D eigenvalue weighted by Gasteiger charge is 2.32. The minimum Gasteiger partial charge on any atom is -0.481 e. The third kappa shape index (κ3) is 2.17. The number of hydrogen-bond acceptors (Lipinski definition) is 3. The minimum atomic E-state index is -0.951. The van der Waals surface area contributed by atoms with Crippen LogP contribution in [0, 0.1) is 28.9 Å². The molecule has 0 amide bonds. The van der Waals surface area contributed by atoms with E-state index in [-0.39, 0.29) is 24.1 Å². The van der Waals surface area contributed by atoms with Gasteiger partial charge in [-0.25, -0.2) is 8.78 Å². The summed E-state index contributed by atoms with van der Waals surface area (Å²) in [6, 6.07) is 2.92. The maximum atomic E-state index is 13.6. The number of carbonyl (C=O) groups is 1. The maximum Gasteiger partial charge on any atom is 0.307 e. The van der Waals surface area contributed by atoms with Gasteiger partial charge in [0, 0.05) is 24.2 Å². The fourth-order valence-corrected chi connectivity index (χ4v) is 2.08. The summed E-state index contributed by atoms with van der Waals surface area (Å²) < 4.78 is 26.8. The molecule has 0 saturated carbocycles. The van der Waals surface area contributed by atoms with Crippen molar-refractivity contribution in [2.45, 2.75) is 12.5 Å². The van der Waals surface area contributed by atoms with Gasteiger partial charge >= 0.3 is 5.97 Å². The molecular weight excluding hydrogens is 242 g/mol. The van der Waals surface area contributed by atoms with Crippen LogP contribution >= 0.6 is 0 Å². The van der Waals surface area contributed by atoms with Crippen LogP contribution in [-0.4, -0.2) is 17.6 Å². The lowest BCUT2D eigenvalue weighted by atomic mass is 9.98. The van der Waals surface area contributed by atoms with Crippen LogP contribution in [0.2, 0.25) is 0 Å². The Kier molecular flexibility index (Phi) is 3.26. The largest absolute Gasteiger partial charge is 0.481 e. The van der Waals surface area contributed by atoms with Crippen molar-refractivity contribution in [3.8, 4) is 6.07 Å². The average molecular weight is 252 g/mol. The molecule has 1 aliphatic rings. The van der Waals surface area contributed by atoms with Gasteiger partial charge in [-0.2, -0.15) is 5.26 Å². The zero-order chi connectivity index (χ0) is 13.3. The Morgan fingerprint density at radius 1 is 1.44 bits per heavy atom. The number of nitriles is 1. The van der Waals surface area contributed by atoms with Crippen molar-refractivity contribution in [2.75, 3.05) is 6.54 Å². The van der Waals surface area contributed by atoms with Gasteiger partial charge in [-0.15, -0.1) is 0 Å². The number of aliphatic carboxylic acids is 1. The highest BCUT2D eigenvalue weighted by atomic mass is 19.1. The summed E-state index contributed by atoms with van der Waals surface area (Å²) in [6.45, 7) is 0.235. The lowest BCUT2D eigenvalue weighted by Gasteiger charge is -2.12. The molecule has 1 aromatic rings. The Bertz CT molecular complexity index is 540. The molecule has 0 aromatic heterocycles. The van der Waals surface area contributed by atoms with Crippen LogP contribution in [0.4, 0.5) is 8.78 Å². The first kappa shape index (κ1) is 12.5. The molecule has 94 valence electrons. The Morgan fingerprint density at radius 2 is 2.17 bits per heavy atom. The van der Waals surface area contributed by atoms with E-state index in [1.165, 1.54) is 0 Å². The molecule has 1 heterocycles. The molecule has 0 bridgehead atoms. The molecule has 6 heteroatoms. The van der Waals surface area contributed by atoms with Gasteiger partial charge in [0.1, 0.15) is 17.7 Å². The standard InChI is InChI=1S/C12H10F2N2O2/c13-9-3-10(14)8(1-6(9)4-15)11-2-7(5-16-11)12(17)18/h1,3,7,11,16H,2,5H2,(H,17,18). The molecule has 2 N–H and O–H groups in total. The Hall–Kier alpha value is -2.00. The van der Waals surface area contributed by atoms with Gasteiger partial charge < -0.3 is 10.4 Å². The zero-order valence-corrected chi connectivity index (χ0v) is 9.28. The van der Waals surface area contributed by atoms with E-state index in [2.05, 4.69) is 5.32 Å². The fourth-order valence-electron chi connectivity index (χ4n) is 2.08. The first-order chi connectivity index (χ1) is 8.52. The topological polar surface area (TPSA) is 73.1 Å². The number of nitrogens with zero attached hydrogens (tertiary/aromatic N) is 1. The number of carboxylic acid groups (broad SMARTS) is 1. The van der Waals surface area contributed by atoms with Crippen LogP contribution in [0.3, 0.4) is 0 Å². The van der Waals surface area contributed by atoms with Crippen LogP contribution in [-0.2, 0) is 4.79 Å². The molecule has 1 fully saturated rings. The van der Waals surface area contributed by atoms with Gasteiger partial charge in [-0.05, 0) is 12.5 Å². The number of benzene rings is 1. The predicted octanol–water partition coefficient (Wildman–Crippen LogP) is 1.57. The second-order valence-corrected chi connectivity index (χ2v) is 4.20. The molecule has 2 rings (SSSR count). The quantitative estimate of drug-likeness (QED) is 0.838. The van der Waals surface area contributed by atoms with Gasteiger partial charge in [0.2, 0.25) is 0 Å². The smallest absolute Gasteiger partial charge is 0.307 e. The van der Waals surface area contributed by atoms with E-state index in [0.29, 0.717) is 6.07 Å². The second kappa shape index (κ2) is 4.70. The maximum absolute atomic E-state index is 13.6. The Labute approximate surface area is 102 Å². The molecule has 2 unspecified atom stereocenters. The summed E-state index contributed by atoms with van der Waals surface area (Å²) in [6.07, 6.45) is 0.225. The molecule has 1 aromatic carbocycles. The van der Waals surface area contributed by atoms with Gasteiger partial charge in [0.05, 0.1) is 11.5 Å².